The number of aryl methyl sites for hydroxylation is 1. The highest BCUT2D eigenvalue weighted by Crippen LogP contribution is 2.29. The van der Waals surface area contributed by atoms with Crippen molar-refractivity contribution < 1.29 is 4.74 Å². The van der Waals surface area contributed by atoms with E-state index in [1.165, 1.54) is 24.0 Å². The maximum atomic E-state index is 5.43. The maximum Gasteiger partial charge on any atom is 0.225 e. The van der Waals surface area contributed by atoms with Gasteiger partial charge < -0.3 is 20.3 Å². The summed E-state index contributed by atoms with van der Waals surface area (Å²) in [5, 5.41) is 8.39. The van der Waals surface area contributed by atoms with Gasteiger partial charge in [-0.2, -0.15) is 4.98 Å². The van der Waals surface area contributed by atoms with Gasteiger partial charge in [0.25, 0.3) is 0 Å². The number of ether oxygens (including phenoxy) is 1. The first-order valence-electron chi connectivity index (χ1n) is 11.7. The zero-order valence-corrected chi connectivity index (χ0v) is 22.1. The fourth-order valence-corrected chi connectivity index (χ4v) is 5.36. The van der Waals surface area contributed by atoms with Crippen LogP contribution in [0.1, 0.15) is 36.8 Å². The van der Waals surface area contributed by atoms with E-state index in [4.69, 9.17) is 14.7 Å². The molecule has 0 spiro atoms. The molecule has 33 heavy (non-hydrogen) atoms. The molecule has 1 fully saturated rings. The molecule has 4 rings (SSSR count). The highest BCUT2D eigenvalue weighted by Gasteiger charge is 2.22. The third-order valence-corrected chi connectivity index (χ3v) is 7.39. The summed E-state index contributed by atoms with van der Waals surface area (Å²) in [5.41, 5.74) is 3.61. The number of para-hydroxylation sites is 1. The third-order valence-electron chi connectivity index (χ3n) is 6.55. The summed E-state index contributed by atoms with van der Waals surface area (Å²) in [6.45, 7) is 4.12. The van der Waals surface area contributed by atoms with Crippen molar-refractivity contribution >= 4 is 45.3 Å². The molecule has 0 saturated heterocycles. The minimum atomic E-state index is 0.433. The van der Waals surface area contributed by atoms with E-state index in [0.29, 0.717) is 6.04 Å². The van der Waals surface area contributed by atoms with Gasteiger partial charge in [0.05, 0.1) is 16.2 Å². The van der Waals surface area contributed by atoms with Crippen molar-refractivity contribution in [2.45, 2.75) is 45.2 Å². The number of nitrogens with one attached hydrogen (secondary N) is 2. The predicted octanol–water partition coefficient (Wildman–Crippen LogP) is 5.38. The molecule has 176 valence electrons. The van der Waals surface area contributed by atoms with Crippen LogP contribution in [0.4, 0.5) is 11.8 Å². The van der Waals surface area contributed by atoms with Crippen molar-refractivity contribution in [2.24, 2.45) is 5.92 Å². The van der Waals surface area contributed by atoms with Crippen molar-refractivity contribution in [3.63, 3.8) is 0 Å². The standard InChI is InChI=1S/C26H34IN5O/c1-17-13-24(33-4)22(27)14-19(17)16-28-15-18-9-11-20(12-10-18)29-26-30-23-8-6-5-7-21(23)25(31-26)32(2)3/h5-8,13-14,18,20,28H,9-12,15-16H2,1-4H3,(H,29,30,31). The molecule has 2 aromatic carbocycles. The summed E-state index contributed by atoms with van der Waals surface area (Å²) in [6.07, 6.45) is 4.74. The van der Waals surface area contributed by atoms with Crippen LogP contribution in [0.25, 0.3) is 10.9 Å². The molecule has 0 radical (unpaired) electrons. The molecule has 2 N–H and O–H groups in total. The van der Waals surface area contributed by atoms with E-state index in [2.05, 4.69) is 69.3 Å². The zero-order valence-electron chi connectivity index (χ0n) is 20.0. The molecule has 0 bridgehead atoms. The fraction of sp³-hybridized carbons (Fsp3) is 0.462. The lowest BCUT2D eigenvalue weighted by molar-refractivity contribution is 0.323. The molecule has 1 aromatic heterocycles. The molecular formula is C26H34IN5O. The Morgan fingerprint density at radius 2 is 1.85 bits per heavy atom. The van der Waals surface area contributed by atoms with Crippen LogP contribution in [-0.4, -0.2) is 43.8 Å². The van der Waals surface area contributed by atoms with Gasteiger partial charge in [0, 0.05) is 32.1 Å². The first kappa shape index (κ1) is 24.0. The number of fused-ring (bicyclic) bond motifs is 1. The largest absolute Gasteiger partial charge is 0.496 e. The van der Waals surface area contributed by atoms with Gasteiger partial charge in [-0.25, -0.2) is 4.98 Å². The number of nitrogens with zero attached hydrogens (tertiary/aromatic N) is 3. The number of aromatic nitrogens is 2. The van der Waals surface area contributed by atoms with Crippen LogP contribution in [0.2, 0.25) is 0 Å². The van der Waals surface area contributed by atoms with Crippen LogP contribution in [0.15, 0.2) is 36.4 Å². The average molecular weight is 559 g/mol. The van der Waals surface area contributed by atoms with E-state index in [1.807, 2.05) is 26.2 Å². The van der Waals surface area contributed by atoms with Crippen molar-refractivity contribution in [3.8, 4) is 5.75 Å². The highest BCUT2D eigenvalue weighted by atomic mass is 127. The monoisotopic (exact) mass is 559 g/mol. The van der Waals surface area contributed by atoms with Crippen LogP contribution in [-0.2, 0) is 6.54 Å². The average Bonchev–Trinajstić information content (AvgIpc) is 2.81. The number of methoxy groups -OCH3 is 1. The van der Waals surface area contributed by atoms with Crippen LogP contribution < -0.4 is 20.3 Å². The van der Waals surface area contributed by atoms with Gasteiger partial charge in [-0.1, -0.05) is 12.1 Å². The van der Waals surface area contributed by atoms with Gasteiger partial charge in [0.2, 0.25) is 5.95 Å². The van der Waals surface area contributed by atoms with Crippen molar-refractivity contribution in [1.29, 1.82) is 0 Å². The van der Waals surface area contributed by atoms with E-state index >= 15 is 0 Å². The summed E-state index contributed by atoms with van der Waals surface area (Å²) < 4.78 is 6.59. The van der Waals surface area contributed by atoms with Crippen LogP contribution in [0.5, 0.6) is 5.75 Å². The topological polar surface area (TPSA) is 62.3 Å². The number of hydrogen-bond acceptors (Lipinski definition) is 6. The number of benzene rings is 2. The molecule has 0 unspecified atom stereocenters. The molecule has 1 aliphatic carbocycles. The number of hydrogen-bond donors (Lipinski definition) is 2. The molecule has 0 amide bonds. The Morgan fingerprint density at radius 3 is 2.58 bits per heavy atom. The van der Waals surface area contributed by atoms with Gasteiger partial charge >= 0.3 is 0 Å². The first-order valence-corrected chi connectivity index (χ1v) is 12.8. The second-order valence-electron chi connectivity index (χ2n) is 9.19. The number of halogens is 1. The second-order valence-corrected chi connectivity index (χ2v) is 10.4. The van der Waals surface area contributed by atoms with E-state index in [0.717, 1.165) is 63.8 Å². The smallest absolute Gasteiger partial charge is 0.225 e. The lowest BCUT2D eigenvalue weighted by Crippen LogP contribution is -2.31. The molecule has 1 heterocycles. The molecule has 0 atom stereocenters. The summed E-state index contributed by atoms with van der Waals surface area (Å²) >= 11 is 2.35. The quantitative estimate of drug-likeness (QED) is 0.362. The molecule has 7 heteroatoms. The van der Waals surface area contributed by atoms with Crippen LogP contribution >= 0.6 is 22.6 Å². The van der Waals surface area contributed by atoms with Crippen LogP contribution in [0, 0.1) is 16.4 Å². The molecular weight excluding hydrogens is 525 g/mol. The summed E-state index contributed by atoms with van der Waals surface area (Å²) in [6, 6.07) is 13.0. The number of anilines is 2. The van der Waals surface area contributed by atoms with Gasteiger partial charge in [-0.3, -0.25) is 0 Å². The fourth-order valence-electron chi connectivity index (χ4n) is 4.61. The Labute approximate surface area is 210 Å². The Hall–Kier alpha value is -2.13. The predicted molar refractivity (Wildman–Crippen MR) is 145 cm³/mol. The van der Waals surface area contributed by atoms with Crippen molar-refractivity contribution in [2.75, 3.05) is 38.0 Å². The lowest BCUT2D eigenvalue weighted by atomic mass is 9.86. The Balaban J connectivity index is 1.29. The van der Waals surface area contributed by atoms with Crippen LogP contribution in [0.3, 0.4) is 0 Å². The highest BCUT2D eigenvalue weighted by molar-refractivity contribution is 14.1. The molecule has 1 aliphatic rings. The summed E-state index contributed by atoms with van der Waals surface area (Å²) in [7, 11) is 5.80. The molecule has 6 nitrogen and oxygen atoms in total. The first-order chi connectivity index (χ1) is 15.9. The minimum Gasteiger partial charge on any atom is -0.496 e. The second kappa shape index (κ2) is 10.9. The Morgan fingerprint density at radius 1 is 1.09 bits per heavy atom. The van der Waals surface area contributed by atoms with Crippen molar-refractivity contribution in [1.82, 2.24) is 15.3 Å². The maximum absolute atomic E-state index is 5.43. The lowest BCUT2D eigenvalue weighted by Gasteiger charge is -2.29. The van der Waals surface area contributed by atoms with E-state index < -0.39 is 0 Å². The van der Waals surface area contributed by atoms with E-state index in [-0.39, 0.29) is 0 Å². The third kappa shape index (κ3) is 5.87. The molecule has 1 saturated carbocycles. The summed E-state index contributed by atoms with van der Waals surface area (Å²) in [5.74, 6) is 3.37. The zero-order chi connectivity index (χ0) is 23.4. The normalized spacial score (nSPS) is 18.3. The van der Waals surface area contributed by atoms with E-state index in [9.17, 15) is 0 Å². The minimum absolute atomic E-state index is 0.433. The number of rotatable bonds is 8. The molecule has 3 aromatic rings. The SMILES string of the molecule is COc1cc(C)c(CNCC2CCC(Nc3nc(N(C)C)c4ccccc4n3)CC2)cc1I. The van der Waals surface area contributed by atoms with Gasteiger partial charge in [0.1, 0.15) is 11.6 Å². The van der Waals surface area contributed by atoms with Gasteiger partial charge in [-0.15, -0.1) is 0 Å². The Kier molecular flexibility index (Phi) is 7.90. The van der Waals surface area contributed by atoms with E-state index in [1.54, 1.807) is 7.11 Å². The van der Waals surface area contributed by atoms with Gasteiger partial charge in [-0.05, 0) is 103 Å². The van der Waals surface area contributed by atoms with Gasteiger partial charge in [0.15, 0.2) is 0 Å². The summed E-state index contributed by atoms with van der Waals surface area (Å²) in [4.78, 5) is 11.6. The van der Waals surface area contributed by atoms with Crippen molar-refractivity contribution in [3.05, 3.63) is 51.1 Å². The molecule has 0 aliphatic heterocycles. The Bertz CT molecular complexity index is 1100.